The van der Waals surface area contributed by atoms with Crippen molar-refractivity contribution in [3.63, 3.8) is 0 Å². The van der Waals surface area contributed by atoms with Crippen molar-refractivity contribution in [1.29, 1.82) is 0 Å². The number of piperidine rings is 2. The maximum Gasteiger partial charge on any atom is 0.348 e. The molecule has 1 saturated carbocycles. The van der Waals surface area contributed by atoms with Gasteiger partial charge in [-0.25, -0.2) is 4.79 Å². The second kappa shape index (κ2) is 18.1. The smallest absolute Gasteiger partial charge is 0.348 e. The maximum absolute atomic E-state index is 13.2. The van der Waals surface area contributed by atoms with Crippen molar-refractivity contribution in [2.75, 3.05) is 57.9 Å². The molecule has 5 amide bonds. The lowest BCUT2D eigenvalue weighted by molar-refractivity contribution is -0.136. The topological polar surface area (TPSA) is 197 Å². The van der Waals surface area contributed by atoms with Crippen molar-refractivity contribution in [2.24, 2.45) is 5.92 Å². The molecule has 1 unspecified atom stereocenters. The highest BCUT2D eigenvalue weighted by Crippen LogP contribution is 2.33. The van der Waals surface area contributed by atoms with E-state index in [9.17, 15) is 28.8 Å². The molecule has 4 aliphatic rings. The molecule has 0 radical (unpaired) electrons. The minimum Gasteiger partial charge on any atom is -0.484 e. The number of aromatic amines is 1. The largest absolute Gasteiger partial charge is 0.484 e. The van der Waals surface area contributed by atoms with E-state index in [1.807, 2.05) is 0 Å². The van der Waals surface area contributed by atoms with Crippen molar-refractivity contribution in [3.05, 3.63) is 69.9 Å². The fourth-order valence-electron chi connectivity index (χ4n) is 8.21. The summed E-state index contributed by atoms with van der Waals surface area (Å²) in [7, 11) is 0. The van der Waals surface area contributed by atoms with Crippen LogP contribution < -0.4 is 26.4 Å². The number of fused-ring (bicyclic) bond motifs is 1. The number of imide groups is 2. The van der Waals surface area contributed by atoms with E-state index in [1.54, 1.807) is 36.4 Å². The lowest BCUT2D eigenvalue weighted by Gasteiger charge is -2.33. The Hall–Kier alpha value is -5.35. The van der Waals surface area contributed by atoms with E-state index in [1.165, 1.54) is 49.3 Å². The van der Waals surface area contributed by atoms with Gasteiger partial charge in [-0.15, -0.1) is 5.10 Å². The number of nitrogens with zero attached hydrogens (tertiary/aromatic N) is 4. The minimum absolute atomic E-state index is 0.0457. The van der Waals surface area contributed by atoms with E-state index in [0.29, 0.717) is 29.5 Å². The predicted octanol–water partition coefficient (Wildman–Crippen LogP) is 2.74. The van der Waals surface area contributed by atoms with Crippen LogP contribution in [-0.4, -0.2) is 113 Å². The monoisotopic (exact) mass is 770 g/mol. The van der Waals surface area contributed by atoms with E-state index >= 15 is 0 Å². The molecule has 4 N–H and O–H groups in total. The molecule has 16 nitrogen and oxygen atoms in total. The first-order chi connectivity index (χ1) is 27.2. The molecule has 2 aromatic carbocycles. The third-order valence-corrected chi connectivity index (χ3v) is 11.1. The maximum atomic E-state index is 13.2. The van der Waals surface area contributed by atoms with Crippen molar-refractivity contribution >= 4 is 35.2 Å². The number of rotatable bonds is 16. The van der Waals surface area contributed by atoms with Gasteiger partial charge < -0.3 is 25.0 Å². The Morgan fingerprint density at radius 3 is 2.57 bits per heavy atom. The number of carbonyl (C=O) groups is 5. The van der Waals surface area contributed by atoms with Gasteiger partial charge in [0, 0.05) is 43.7 Å². The molecule has 2 saturated heterocycles. The SMILES string of the molecule is O=C(COc1cccc(-n2nc([C@H]3CCCN(CCC4CCCCC4)C3)[nH]c2=O)c1)NCCOCCNc1cccc2c1C(=O)N(C1CCC(=O)NC1=O)C2=O. The van der Waals surface area contributed by atoms with Crippen LogP contribution in [0.5, 0.6) is 5.75 Å². The summed E-state index contributed by atoms with van der Waals surface area (Å²) in [5, 5.41) is 12.7. The van der Waals surface area contributed by atoms with Gasteiger partial charge in [0.1, 0.15) is 17.6 Å². The molecule has 3 aliphatic heterocycles. The number of hydrogen-bond acceptors (Lipinski definition) is 11. The normalized spacial score (nSPS) is 20.5. The van der Waals surface area contributed by atoms with E-state index in [-0.39, 0.29) is 67.8 Å². The summed E-state index contributed by atoms with van der Waals surface area (Å²) in [6, 6.07) is 10.7. The van der Waals surface area contributed by atoms with Gasteiger partial charge >= 0.3 is 5.69 Å². The highest BCUT2D eigenvalue weighted by molar-refractivity contribution is 6.25. The van der Waals surface area contributed by atoms with Crippen LogP contribution in [0.25, 0.3) is 5.69 Å². The average molecular weight is 771 g/mol. The van der Waals surface area contributed by atoms with Gasteiger partial charge in [-0.2, -0.15) is 4.68 Å². The fourth-order valence-corrected chi connectivity index (χ4v) is 8.21. The first-order valence-corrected chi connectivity index (χ1v) is 19.8. The summed E-state index contributed by atoms with van der Waals surface area (Å²) in [4.78, 5) is 82.1. The average Bonchev–Trinajstić information content (AvgIpc) is 3.72. The molecule has 298 valence electrons. The lowest BCUT2D eigenvalue weighted by atomic mass is 9.86. The van der Waals surface area contributed by atoms with Gasteiger partial charge in [-0.05, 0) is 69.0 Å². The lowest BCUT2D eigenvalue weighted by Crippen LogP contribution is -2.54. The van der Waals surface area contributed by atoms with Crippen molar-refractivity contribution < 1.29 is 33.4 Å². The van der Waals surface area contributed by atoms with E-state index in [0.717, 1.165) is 43.3 Å². The van der Waals surface area contributed by atoms with E-state index in [2.05, 4.69) is 30.9 Å². The Morgan fingerprint density at radius 1 is 0.911 bits per heavy atom. The third-order valence-electron chi connectivity index (χ3n) is 11.1. The molecule has 3 aromatic rings. The first kappa shape index (κ1) is 38.9. The summed E-state index contributed by atoms with van der Waals surface area (Å²) in [5.41, 5.74) is 1.03. The quantitative estimate of drug-likeness (QED) is 0.124. The van der Waals surface area contributed by atoms with Crippen LogP contribution >= 0.6 is 0 Å². The van der Waals surface area contributed by atoms with Crippen LogP contribution in [0.1, 0.15) is 96.7 Å². The van der Waals surface area contributed by atoms with Crippen LogP contribution in [0.3, 0.4) is 0 Å². The number of anilines is 1. The van der Waals surface area contributed by atoms with Gasteiger partial charge in [0.2, 0.25) is 11.8 Å². The summed E-state index contributed by atoms with van der Waals surface area (Å²) in [6.45, 7) is 3.88. The Bertz CT molecular complexity index is 1990. The van der Waals surface area contributed by atoms with E-state index in [4.69, 9.17) is 9.47 Å². The van der Waals surface area contributed by atoms with Gasteiger partial charge in [-0.1, -0.05) is 44.2 Å². The van der Waals surface area contributed by atoms with Gasteiger partial charge in [-0.3, -0.25) is 39.2 Å². The third kappa shape index (κ3) is 9.19. The number of nitrogens with one attached hydrogen (secondary N) is 4. The summed E-state index contributed by atoms with van der Waals surface area (Å²) < 4.78 is 12.7. The molecule has 4 heterocycles. The first-order valence-electron chi connectivity index (χ1n) is 19.8. The zero-order valence-corrected chi connectivity index (χ0v) is 31.6. The molecule has 0 bridgehead atoms. The van der Waals surface area contributed by atoms with Crippen molar-refractivity contribution in [1.82, 2.24) is 35.2 Å². The Labute approximate surface area is 324 Å². The fraction of sp³-hybridized carbons (Fsp3) is 0.525. The number of hydrogen-bond donors (Lipinski definition) is 4. The molecule has 0 spiro atoms. The second-order valence-corrected chi connectivity index (χ2v) is 15.0. The molecule has 56 heavy (non-hydrogen) atoms. The molecule has 7 rings (SSSR count). The summed E-state index contributed by atoms with van der Waals surface area (Å²) >= 11 is 0. The molecular weight excluding hydrogens is 720 g/mol. The van der Waals surface area contributed by atoms with Gasteiger partial charge in [0.15, 0.2) is 6.61 Å². The van der Waals surface area contributed by atoms with Crippen molar-refractivity contribution in [2.45, 2.75) is 76.2 Å². The number of carbonyl (C=O) groups excluding carboxylic acids is 5. The summed E-state index contributed by atoms with van der Waals surface area (Å²) in [6.07, 6.45) is 10.2. The van der Waals surface area contributed by atoms with Crippen LogP contribution in [0, 0.1) is 5.92 Å². The molecule has 1 aliphatic carbocycles. The molecule has 2 atom stereocenters. The summed E-state index contributed by atoms with van der Waals surface area (Å²) in [5.74, 6) is -0.455. The number of likely N-dealkylation sites (tertiary alicyclic amines) is 1. The number of aromatic nitrogens is 3. The second-order valence-electron chi connectivity index (χ2n) is 15.0. The number of H-pyrrole nitrogens is 1. The molecule has 1 aromatic heterocycles. The van der Waals surface area contributed by atoms with Crippen LogP contribution in [0.2, 0.25) is 0 Å². The predicted molar refractivity (Wildman–Crippen MR) is 205 cm³/mol. The zero-order chi connectivity index (χ0) is 39.0. The van der Waals surface area contributed by atoms with Crippen LogP contribution in [0.15, 0.2) is 47.3 Å². The van der Waals surface area contributed by atoms with E-state index < -0.39 is 29.7 Å². The van der Waals surface area contributed by atoms with Gasteiger partial charge in [0.05, 0.1) is 30.0 Å². The Kier molecular flexibility index (Phi) is 12.6. The Balaban J connectivity index is 0.814. The molecular formula is C40H50N8O8. The Morgan fingerprint density at radius 2 is 1.73 bits per heavy atom. The molecule has 16 heteroatoms. The zero-order valence-electron chi connectivity index (χ0n) is 31.6. The van der Waals surface area contributed by atoms with Crippen molar-refractivity contribution in [3.8, 4) is 11.4 Å². The van der Waals surface area contributed by atoms with Crippen LogP contribution in [-0.2, 0) is 19.1 Å². The van der Waals surface area contributed by atoms with Crippen LogP contribution in [0.4, 0.5) is 5.69 Å². The minimum atomic E-state index is -1.04. The number of amides is 5. The number of benzene rings is 2. The standard InChI is InChI=1S/C40H50N8O8/c49-33-15-14-32(37(51)43-33)47-38(52)30-12-5-13-31(35(30)39(47)53)41-17-21-55-22-18-42-34(50)25-56-29-11-4-10-28(23-29)48-40(54)44-36(45-48)27-9-6-19-46(24-27)20-16-26-7-2-1-3-8-26/h4-5,10-13,23,26-27,32,41H,1-3,6-9,14-22,24-25H2,(H,42,50)(H,43,49,51)(H,44,45,54)/t27-,32?/m0/s1. The number of ether oxygens (including phenoxy) is 2. The highest BCUT2D eigenvalue weighted by atomic mass is 16.5. The highest BCUT2D eigenvalue weighted by Gasteiger charge is 2.45. The van der Waals surface area contributed by atoms with Gasteiger partial charge in [0.25, 0.3) is 17.7 Å². The molecule has 3 fully saturated rings.